The van der Waals surface area contributed by atoms with Crippen LogP contribution in [0.15, 0.2) is 0 Å². The molecule has 0 saturated heterocycles. The van der Waals surface area contributed by atoms with Crippen molar-refractivity contribution in [1.82, 2.24) is 9.03 Å². The summed E-state index contributed by atoms with van der Waals surface area (Å²) in [6.07, 6.45) is 3.47. The maximum atomic E-state index is 12.2. The number of carboxylic acid groups (broad SMARTS) is 1. The van der Waals surface area contributed by atoms with E-state index in [-0.39, 0.29) is 12.0 Å². The highest BCUT2D eigenvalue weighted by molar-refractivity contribution is 7.87. The highest BCUT2D eigenvalue weighted by Crippen LogP contribution is 2.11. The summed E-state index contributed by atoms with van der Waals surface area (Å²) in [5, 5.41) is 8.81. The van der Waals surface area contributed by atoms with Gasteiger partial charge in [-0.25, -0.2) is 0 Å². The lowest BCUT2D eigenvalue weighted by Gasteiger charge is -2.24. The van der Waals surface area contributed by atoms with E-state index < -0.39 is 16.2 Å². The van der Waals surface area contributed by atoms with Crippen LogP contribution >= 0.6 is 0 Å². The molecule has 21 heavy (non-hydrogen) atoms. The van der Waals surface area contributed by atoms with Crippen molar-refractivity contribution in [3.8, 4) is 0 Å². The molecule has 0 amide bonds. The Kier molecular flexibility index (Phi) is 9.81. The summed E-state index contributed by atoms with van der Waals surface area (Å²) in [6, 6.07) is -0.188. The Hall–Kier alpha value is -0.660. The van der Waals surface area contributed by atoms with Crippen LogP contribution in [0.4, 0.5) is 0 Å². The molecule has 0 aliphatic carbocycles. The van der Waals surface area contributed by atoms with Gasteiger partial charge < -0.3 is 5.11 Å². The largest absolute Gasteiger partial charge is 0.481 e. The summed E-state index contributed by atoms with van der Waals surface area (Å²) >= 11 is 0. The maximum absolute atomic E-state index is 12.2. The van der Waals surface area contributed by atoms with Gasteiger partial charge in [0.1, 0.15) is 0 Å². The van der Waals surface area contributed by atoms with Crippen LogP contribution in [-0.4, -0.2) is 42.9 Å². The standard InChI is InChI=1S/C14H30N2O4S/c1-5-10-16(11-6-2)21(19,20)15-13(4)9-7-8-12(3)14(17)18/h12-13,15H,5-11H2,1-4H3,(H,17,18). The van der Waals surface area contributed by atoms with E-state index in [1.165, 1.54) is 4.31 Å². The SMILES string of the molecule is CCCN(CCC)S(=O)(=O)NC(C)CCCC(C)C(=O)O. The van der Waals surface area contributed by atoms with Crippen molar-refractivity contribution in [2.45, 2.75) is 65.8 Å². The van der Waals surface area contributed by atoms with Crippen molar-refractivity contribution in [2.75, 3.05) is 13.1 Å². The van der Waals surface area contributed by atoms with Crippen molar-refractivity contribution in [3.63, 3.8) is 0 Å². The number of nitrogens with one attached hydrogen (secondary N) is 1. The Morgan fingerprint density at radius 3 is 2.10 bits per heavy atom. The number of nitrogens with zero attached hydrogens (tertiary/aromatic N) is 1. The van der Waals surface area contributed by atoms with E-state index in [4.69, 9.17) is 5.11 Å². The number of aliphatic carboxylic acids is 1. The summed E-state index contributed by atoms with van der Waals surface area (Å²) in [5.74, 6) is -1.19. The Balaban J connectivity index is 4.33. The molecule has 126 valence electrons. The number of carboxylic acids is 1. The zero-order valence-corrected chi connectivity index (χ0v) is 14.4. The van der Waals surface area contributed by atoms with Gasteiger partial charge in [0.05, 0.1) is 5.92 Å². The van der Waals surface area contributed by atoms with E-state index in [0.29, 0.717) is 32.4 Å². The van der Waals surface area contributed by atoms with Gasteiger partial charge in [-0.1, -0.05) is 27.2 Å². The minimum atomic E-state index is -3.45. The topological polar surface area (TPSA) is 86.7 Å². The van der Waals surface area contributed by atoms with Crippen LogP contribution in [0.25, 0.3) is 0 Å². The minimum absolute atomic E-state index is 0.188. The average Bonchev–Trinajstić information content (AvgIpc) is 2.37. The second kappa shape index (κ2) is 10.1. The van der Waals surface area contributed by atoms with E-state index in [0.717, 1.165) is 12.8 Å². The van der Waals surface area contributed by atoms with Crippen molar-refractivity contribution in [2.24, 2.45) is 5.92 Å². The molecule has 0 fully saturated rings. The lowest BCUT2D eigenvalue weighted by molar-refractivity contribution is -0.141. The van der Waals surface area contributed by atoms with Gasteiger partial charge >= 0.3 is 5.97 Å². The Labute approximate surface area is 129 Å². The molecule has 0 heterocycles. The van der Waals surface area contributed by atoms with Crippen molar-refractivity contribution in [3.05, 3.63) is 0 Å². The molecule has 2 unspecified atom stereocenters. The van der Waals surface area contributed by atoms with Crippen molar-refractivity contribution < 1.29 is 18.3 Å². The van der Waals surface area contributed by atoms with Gasteiger partial charge in [0, 0.05) is 19.1 Å². The molecule has 0 aliphatic rings. The first-order valence-corrected chi connectivity index (χ1v) is 9.18. The fourth-order valence-electron chi connectivity index (χ4n) is 2.09. The first-order chi connectivity index (χ1) is 9.74. The normalized spacial score (nSPS) is 15.1. The molecule has 6 nitrogen and oxygen atoms in total. The van der Waals surface area contributed by atoms with E-state index in [9.17, 15) is 13.2 Å². The van der Waals surface area contributed by atoms with Crippen LogP contribution in [0, 0.1) is 5.92 Å². The Morgan fingerprint density at radius 1 is 1.14 bits per heavy atom. The van der Waals surface area contributed by atoms with Crippen LogP contribution in [-0.2, 0) is 15.0 Å². The number of hydrogen-bond donors (Lipinski definition) is 2. The highest BCUT2D eigenvalue weighted by Gasteiger charge is 2.22. The molecule has 0 bridgehead atoms. The van der Waals surface area contributed by atoms with E-state index in [2.05, 4.69) is 4.72 Å². The quantitative estimate of drug-likeness (QED) is 0.577. The van der Waals surface area contributed by atoms with Gasteiger partial charge in [-0.15, -0.1) is 0 Å². The summed E-state index contributed by atoms with van der Waals surface area (Å²) in [4.78, 5) is 10.7. The van der Waals surface area contributed by atoms with Gasteiger partial charge in [-0.05, 0) is 32.6 Å². The minimum Gasteiger partial charge on any atom is -0.481 e. The fourth-order valence-corrected chi connectivity index (χ4v) is 3.71. The molecule has 0 aromatic rings. The summed E-state index contributed by atoms with van der Waals surface area (Å²) < 4.78 is 28.6. The molecule has 0 radical (unpaired) electrons. The lowest BCUT2D eigenvalue weighted by atomic mass is 10.0. The number of hydrogen-bond acceptors (Lipinski definition) is 3. The van der Waals surface area contributed by atoms with Crippen molar-refractivity contribution >= 4 is 16.2 Å². The second-order valence-electron chi connectivity index (χ2n) is 5.59. The molecule has 0 aromatic heterocycles. The third-order valence-electron chi connectivity index (χ3n) is 3.33. The van der Waals surface area contributed by atoms with E-state index >= 15 is 0 Å². The summed E-state index contributed by atoms with van der Waals surface area (Å²) in [6.45, 7) is 8.43. The fraction of sp³-hybridized carbons (Fsp3) is 0.929. The Bertz CT molecular complexity index is 392. The smallest absolute Gasteiger partial charge is 0.306 e. The molecule has 0 aliphatic heterocycles. The van der Waals surface area contributed by atoms with Crippen LogP contribution in [0.3, 0.4) is 0 Å². The lowest BCUT2D eigenvalue weighted by Crippen LogP contribution is -2.45. The molecule has 0 rings (SSSR count). The van der Waals surface area contributed by atoms with E-state index in [1.54, 1.807) is 6.92 Å². The third kappa shape index (κ3) is 8.38. The first-order valence-electron chi connectivity index (χ1n) is 7.74. The molecule has 0 saturated carbocycles. The molecule has 7 heteroatoms. The second-order valence-corrected chi connectivity index (χ2v) is 7.30. The zero-order valence-electron chi connectivity index (χ0n) is 13.6. The Morgan fingerprint density at radius 2 is 1.67 bits per heavy atom. The molecular formula is C14H30N2O4S. The number of rotatable bonds is 12. The summed E-state index contributed by atoms with van der Waals surface area (Å²) in [7, 11) is -3.45. The monoisotopic (exact) mass is 322 g/mol. The maximum Gasteiger partial charge on any atom is 0.306 e. The number of carbonyl (C=O) groups is 1. The van der Waals surface area contributed by atoms with Crippen LogP contribution in [0.5, 0.6) is 0 Å². The third-order valence-corrected chi connectivity index (χ3v) is 5.08. The highest BCUT2D eigenvalue weighted by atomic mass is 32.2. The predicted molar refractivity (Wildman–Crippen MR) is 84.3 cm³/mol. The molecule has 2 atom stereocenters. The summed E-state index contributed by atoms with van der Waals surface area (Å²) in [5.41, 5.74) is 0. The van der Waals surface area contributed by atoms with Crippen molar-refractivity contribution in [1.29, 1.82) is 0 Å². The zero-order chi connectivity index (χ0) is 16.5. The van der Waals surface area contributed by atoms with Gasteiger partial charge in [-0.2, -0.15) is 17.4 Å². The predicted octanol–water partition coefficient (Wildman–Crippen LogP) is 2.22. The molecule has 0 aromatic carbocycles. The molecule has 0 spiro atoms. The molecule has 2 N–H and O–H groups in total. The average molecular weight is 322 g/mol. The van der Waals surface area contributed by atoms with Crippen LogP contribution < -0.4 is 4.72 Å². The van der Waals surface area contributed by atoms with Gasteiger partial charge in [0.15, 0.2) is 0 Å². The van der Waals surface area contributed by atoms with Gasteiger partial charge in [0.2, 0.25) is 0 Å². The van der Waals surface area contributed by atoms with Gasteiger partial charge in [0.25, 0.3) is 10.2 Å². The first kappa shape index (κ1) is 20.3. The van der Waals surface area contributed by atoms with Crippen LogP contribution in [0.2, 0.25) is 0 Å². The molecular weight excluding hydrogens is 292 g/mol. The van der Waals surface area contributed by atoms with E-state index in [1.807, 2.05) is 20.8 Å². The van der Waals surface area contributed by atoms with Gasteiger partial charge in [-0.3, -0.25) is 4.79 Å². The van der Waals surface area contributed by atoms with Crippen LogP contribution in [0.1, 0.15) is 59.8 Å².